The zero-order valence-electron chi connectivity index (χ0n) is 6.20. The Labute approximate surface area is 71.8 Å². The average molecular weight is 204 g/mol. The molecule has 0 aliphatic rings. The molecule has 0 amide bonds. The Balaban J connectivity index is 3.29. The van der Waals surface area contributed by atoms with E-state index in [0.717, 1.165) is 31.0 Å². The zero-order chi connectivity index (χ0) is 7.82. The highest BCUT2D eigenvalue weighted by Crippen LogP contribution is 2.10. The van der Waals surface area contributed by atoms with Crippen molar-refractivity contribution in [3.05, 3.63) is 6.92 Å². The molecule has 0 fully saturated rings. The topological polar surface area (TPSA) is 23.9 Å². The summed E-state index contributed by atoms with van der Waals surface area (Å²) >= 11 is 3.34. The Morgan fingerprint density at radius 1 is 1.50 bits per heavy atom. The second-order valence-electron chi connectivity index (χ2n) is 2.31. The van der Waals surface area contributed by atoms with Crippen molar-refractivity contribution in [1.29, 1.82) is 5.41 Å². The molecule has 1 atom stereocenters. The summed E-state index contributed by atoms with van der Waals surface area (Å²) in [5, 5.41) is 7.92. The van der Waals surface area contributed by atoms with E-state index in [1.165, 1.54) is 0 Å². The van der Waals surface area contributed by atoms with Crippen LogP contribution in [0.4, 0.5) is 0 Å². The summed E-state index contributed by atoms with van der Waals surface area (Å²) in [6, 6.07) is 0. The molecule has 0 bridgehead atoms. The van der Waals surface area contributed by atoms with Crippen molar-refractivity contribution in [3.8, 4) is 0 Å². The zero-order valence-corrected chi connectivity index (χ0v) is 7.78. The van der Waals surface area contributed by atoms with Gasteiger partial charge in [0.25, 0.3) is 0 Å². The van der Waals surface area contributed by atoms with Gasteiger partial charge in [0.1, 0.15) is 0 Å². The maximum atomic E-state index is 6.95. The summed E-state index contributed by atoms with van der Waals surface area (Å²) in [6.07, 6.45) is 6.72. The van der Waals surface area contributed by atoms with Gasteiger partial charge < -0.3 is 5.41 Å². The minimum Gasteiger partial charge on any atom is -0.303 e. The van der Waals surface area contributed by atoms with E-state index < -0.39 is 0 Å². The third kappa shape index (κ3) is 4.98. The van der Waals surface area contributed by atoms with Crippen molar-refractivity contribution in [2.24, 2.45) is 5.92 Å². The van der Waals surface area contributed by atoms with E-state index in [0.29, 0.717) is 5.92 Å². The predicted molar refractivity (Wildman–Crippen MR) is 48.8 cm³/mol. The van der Waals surface area contributed by atoms with E-state index in [-0.39, 0.29) is 0 Å². The van der Waals surface area contributed by atoms with Crippen LogP contribution < -0.4 is 0 Å². The minimum atomic E-state index is 0.348. The van der Waals surface area contributed by atoms with Crippen molar-refractivity contribution in [3.63, 3.8) is 0 Å². The number of unbranched alkanes of at least 4 members (excludes halogenated alkanes) is 1. The van der Waals surface area contributed by atoms with Gasteiger partial charge in [-0.2, -0.15) is 0 Å². The van der Waals surface area contributed by atoms with E-state index in [2.05, 4.69) is 29.1 Å². The lowest BCUT2D eigenvalue weighted by atomic mass is 10.0. The van der Waals surface area contributed by atoms with Crippen LogP contribution >= 0.6 is 15.9 Å². The molecule has 0 rings (SSSR count). The lowest BCUT2D eigenvalue weighted by molar-refractivity contribution is 0.590. The number of nitrogens with one attached hydrogen (secondary N) is 1. The number of hydrogen-bond acceptors (Lipinski definition) is 1. The quantitative estimate of drug-likeness (QED) is 0.508. The molecule has 0 aromatic heterocycles. The van der Waals surface area contributed by atoms with Crippen LogP contribution in [0.1, 0.15) is 25.7 Å². The summed E-state index contributed by atoms with van der Waals surface area (Å²) in [6.45, 7) is 3.75. The number of hydrogen-bond donors (Lipinski definition) is 1. The molecular weight excluding hydrogens is 190 g/mol. The van der Waals surface area contributed by atoms with Gasteiger partial charge in [-0.05, 0) is 12.8 Å². The molecule has 2 heteroatoms. The largest absolute Gasteiger partial charge is 0.303 e. The Bertz CT molecular complexity index is 83.3. The second-order valence-corrected chi connectivity index (χ2v) is 3.11. The van der Waals surface area contributed by atoms with E-state index in [4.69, 9.17) is 5.41 Å². The monoisotopic (exact) mass is 203 g/mol. The Kier molecular flexibility index (Phi) is 7.37. The molecule has 10 heavy (non-hydrogen) atoms. The van der Waals surface area contributed by atoms with Crippen LogP contribution in [0.25, 0.3) is 0 Å². The average Bonchev–Trinajstić information content (AvgIpc) is 1.98. The lowest BCUT2D eigenvalue weighted by Crippen LogP contribution is -2.01. The predicted octanol–water partition coefficient (Wildman–Crippen LogP) is 2.92. The van der Waals surface area contributed by atoms with Crippen LogP contribution in [0, 0.1) is 18.3 Å². The second kappa shape index (κ2) is 7.26. The van der Waals surface area contributed by atoms with Gasteiger partial charge in [-0.1, -0.05) is 35.7 Å². The Morgan fingerprint density at radius 2 is 2.20 bits per heavy atom. The standard InChI is InChI=1S/C8H14BrN/c1-2-3-4-8(7-10)5-6-9/h8,10H,1-6H2. The molecule has 58 valence electrons. The van der Waals surface area contributed by atoms with Crippen LogP contribution in [0.5, 0.6) is 0 Å². The summed E-state index contributed by atoms with van der Waals surface area (Å²) in [5.41, 5.74) is 0. The van der Waals surface area contributed by atoms with Crippen molar-refractivity contribution < 1.29 is 0 Å². The van der Waals surface area contributed by atoms with Gasteiger partial charge in [0.15, 0.2) is 0 Å². The normalized spacial score (nSPS) is 13.0. The van der Waals surface area contributed by atoms with E-state index >= 15 is 0 Å². The molecule has 0 aromatic carbocycles. The molecule has 0 spiro atoms. The summed E-state index contributed by atoms with van der Waals surface area (Å²) in [7, 11) is 0. The Hall–Kier alpha value is 0.150. The van der Waals surface area contributed by atoms with Crippen molar-refractivity contribution in [2.75, 3.05) is 5.33 Å². The fourth-order valence-electron chi connectivity index (χ4n) is 0.811. The van der Waals surface area contributed by atoms with Gasteiger partial charge in [-0.15, -0.1) is 0 Å². The smallest absolute Gasteiger partial charge is 0.0555 e. The first-order chi connectivity index (χ1) is 4.85. The van der Waals surface area contributed by atoms with Gasteiger partial charge in [0.05, 0.1) is 6.21 Å². The first-order valence-corrected chi connectivity index (χ1v) is 4.74. The molecular formula is C8H14BrN. The summed E-state index contributed by atoms with van der Waals surface area (Å²) in [4.78, 5) is 0. The van der Waals surface area contributed by atoms with Crippen LogP contribution in [-0.4, -0.2) is 11.5 Å². The fourth-order valence-corrected chi connectivity index (χ4v) is 1.36. The highest BCUT2D eigenvalue weighted by Gasteiger charge is 2.02. The molecule has 0 saturated heterocycles. The van der Waals surface area contributed by atoms with Crippen LogP contribution in [-0.2, 0) is 0 Å². The van der Waals surface area contributed by atoms with Gasteiger partial charge >= 0.3 is 0 Å². The van der Waals surface area contributed by atoms with Gasteiger partial charge in [-0.25, -0.2) is 0 Å². The number of halogens is 1. The number of rotatable bonds is 6. The molecule has 0 aliphatic heterocycles. The Morgan fingerprint density at radius 3 is 2.60 bits per heavy atom. The molecule has 0 saturated carbocycles. The highest BCUT2D eigenvalue weighted by atomic mass is 79.9. The third-order valence-electron chi connectivity index (χ3n) is 1.46. The highest BCUT2D eigenvalue weighted by molar-refractivity contribution is 9.09. The maximum Gasteiger partial charge on any atom is 0.0555 e. The summed E-state index contributed by atoms with van der Waals surface area (Å²) in [5.74, 6) is 0.348. The van der Waals surface area contributed by atoms with Gasteiger partial charge in [0.2, 0.25) is 0 Å². The lowest BCUT2D eigenvalue weighted by Gasteiger charge is -2.06. The maximum absolute atomic E-state index is 6.95. The van der Waals surface area contributed by atoms with Crippen molar-refractivity contribution in [2.45, 2.75) is 25.7 Å². The number of alkyl halides is 1. The van der Waals surface area contributed by atoms with Crippen molar-refractivity contribution in [1.82, 2.24) is 0 Å². The third-order valence-corrected chi connectivity index (χ3v) is 1.92. The minimum absolute atomic E-state index is 0.348. The van der Waals surface area contributed by atoms with Crippen LogP contribution in [0.15, 0.2) is 0 Å². The molecule has 1 nitrogen and oxygen atoms in total. The van der Waals surface area contributed by atoms with Crippen LogP contribution in [0.2, 0.25) is 0 Å². The van der Waals surface area contributed by atoms with E-state index in [9.17, 15) is 0 Å². The molecule has 0 aromatic rings. The van der Waals surface area contributed by atoms with E-state index in [1.807, 2.05) is 0 Å². The first-order valence-electron chi connectivity index (χ1n) is 3.62. The van der Waals surface area contributed by atoms with Crippen molar-refractivity contribution >= 4 is 22.1 Å². The molecule has 0 aliphatic carbocycles. The van der Waals surface area contributed by atoms with Crippen LogP contribution in [0.3, 0.4) is 0 Å². The summed E-state index contributed by atoms with van der Waals surface area (Å²) < 4.78 is 0. The molecule has 0 heterocycles. The van der Waals surface area contributed by atoms with E-state index in [1.54, 1.807) is 0 Å². The van der Waals surface area contributed by atoms with Gasteiger partial charge in [0, 0.05) is 11.2 Å². The fraction of sp³-hybridized carbons (Fsp3) is 0.750. The molecule has 2 radical (unpaired) electrons. The molecule has 1 unspecified atom stereocenters. The SMILES string of the molecule is [CH2]CCCC([C]=N)CCBr. The first kappa shape index (κ1) is 10.2. The molecule has 1 N–H and O–H groups in total. The van der Waals surface area contributed by atoms with Gasteiger partial charge in [-0.3, -0.25) is 0 Å².